The summed E-state index contributed by atoms with van der Waals surface area (Å²) in [5, 5.41) is 13.8. The van der Waals surface area contributed by atoms with Crippen molar-refractivity contribution in [2.24, 2.45) is 0 Å². The zero-order valence-corrected chi connectivity index (χ0v) is 43.0. The second-order valence-corrected chi connectivity index (χ2v) is 21.4. The molecule has 0 fully saturated rings. The van der Waals surface area contributed by atoms with Gasteiger partial charge < -0.3 is 28.8 Å². The van der Waals surface area contributed by atoms with Crippen molar-refractivity contribution in [3.8, 4) is 0 Å². The molecule has 0 rings (SSSR count). The zero-order chi connectivity index (χ0) is 45.7. The third-order valence-corrected chi connectivity index (χ3v) is 13.5. The van der Waals surface area contributed by atoms with Crippen LogP contribution >= 0.6 is 7.82 Å². The molecule has 1 unspecified atom stereocenters. The molecule has 8 nitrogen and oxygen atoms in total. The van der Waals surface area contributed by atoms with Gasteiger partial charge in [0.1, 0.15) is 13.2 Å². The summed E-state index contributed by atoms with van der Waals surface area (Å²) in [4.78, 5) is 25.4. The Kier molecular flexibility index (Phi) is 44.8. The van der Waals surface area contributed by atoms with Crippen LogP contribution in [0.15, 0.2) is 12.2 Å². The number of quaternary nitrogens is 1. The van der Waals surface area contributed by atoms with E-state index in [0.29, 0.717) is 17.4 Å². The molecule has 0 bridgehead atoms. The van der Waals surface area contributed by atoms with Crippen molar-refractivity contribution in [3.05, 3.63) is 12.2 Å². The summed E-state index contributed by atoms with van der Waals surface area (Å²) in [7, 11) is 1.27. The Morgan fingerprint density at radius 1 is 0.548 bits per heavy atom. The second-order valence-electron chi connectivity index (χ2n) is 19.9. The Hall–Kier alpha value is -0.760. The lowest BCUT2D eigenvalue weighted by Gasteiger charge is -2.29. The fourth-order valence-electron chi connectivity index (χ4n) is 8.21. The monoisotopic (exact) mass is 899 g/mol. The fourth-order valence-corrected chi connectivity index (χ4v) is 8.94. The van der Waals surface area contributed by atoms with E-state index in [2.05, 4.69) is 19.2 Å². The number of nitrogens with one attached hydrogen (secondary N) is 1. The number of hydrogen-bond donors (Lipinski definition) is 2. The maximum atomic E-state index is 12.9. The van der Waals surface area contributed by atoms with Gasteiger partial charge in [-0.3, -0.25) is 9.36 Å². The Balaban J connectivity index is 4.09. The van der Waals surface area contributed by atoms with Crippen LogP contribution in [-0.2, 0) is 18.4 Å². The normalized spacial score (nSPS) is 14.1. The van der Waals surface area contributed by atoms with Crippen LogP contribution in [0.25, 0.3) is 0 Å². The van der Waals surface area contributed by atoms with Gasteiger partial charge in [0.05, 0.1) is 39.9 Å². The lowest BCUT2D eigenvalue weighted by Crippen LogP contribution is -2.45. The average Bonchev–Trinajstić information content (AvgIpc) is 3.23. The molecule has 370 valence electrons. The molecule has 0 spiro atoms. The average molecular weight is 899 g/mol. The van der Waals surface area contributed by atoms with Crippen LogP contribution in [0.3, 0.4) is 0 Å². The second kappa shape index (κ2) is 45.4. The molecule has 3 atom stereocenters. The fraction of sp³-hybridized carbons (Fsp3) is 0.943. The first kappa shape index (κ1) is 61.2. The molecule has 0 aliphatic rings. The van der Waals surface area contributed by atoms with Crippen LogP contribution in [0.1, 0.15) is 271 Å². The van der Waals surface area contributed by atoms with Gasteiger partial charge in [0.2, 0.25) is 5.91 Å². The molecule has 0 aromatic carbocycles. The highest BCUT2D eigenvalue weighted by molar-refractivity contribution is 7.45. The number of carbonyl (C=O) groups excluding carboxylic acids is 1. The number of aliphatic hydroxyl groups is 1. The van der Waals surface area contributed by atoms with Crippen LogP contribution in [0.2, 0.25) is 0 Å². The van der Waals surface area contributed by atoms with Crippen molar-refractivity contribution in [1.82, 2.24) is 5.32 Å². The molecule has 0 aliphatic heterocycles. The molecule has 0 aliphatic carbocycles. The quantitative estimate of drug-likeness (QED) is 0.0272. The molecular formula is C53H107N2O6P. The summed E-state index contributed by atoms with van der Waals surface area (Å²) in [6.45, 7) is 4.68. The number of hydrogen-bond acceptors (Lipinski definition) is 6. The third-order valence-electron chi connectivity index (χ3n) is 12.5. The molecule has 9 heteroatoms. The predicted molar refractivity (Wildman–Crippen MR) is 266 cm³/mol. The summed E-state index contributed by atoms with van der Waals surface area (Å²) < 4.78 is 23.3. The molecule has 62 heavy (non-hydrogen) atoms. The van der Waals surface area contributed by atoms with E-state index >= 15 is 0 Å². The topological polar surface area (TPSA) is 108 Å². The summed E-state index contributed by atoms with van der Waals surface area (Å²) >= 11 is 0. The highest BCUT2D eigenvalue weighted by atomic mass is 31.2. The summed E-state index contributed by atoms with van der Waals surface area (Å²) in [6.07, 6.45) is 54.3. The molecule has 0 radical (unpaired) electrons. The number of likely N-dealkylation sites (N-methyl/N-ethyl adjacent to an activating group) is 1. The molecule has 1 amide bonds. The van der Waals surface area contributed by atoms with Gasteiger partial charge in [-0.1, -0.05) is 257 Å². The van der Waals surface area contributed by atoms with Crippen LogP contribution < -0.4 is 10.2 Å². The van der Waals surface area contributed by atoms with E-state index in [4.69, 9.17) is 9.05 Å². The lowest BCUT2D eigenvalue weighted by atomic mass is 10.0. The predicted octanol–water partition coefficient (Wildman–Crippen LogP) is 15.2. The molecule has 0 saturated carbocycles. The lowest BCUT2D eigenvalue weighted by molar-refractivity contribution is -0.870. The number of phosphoric ester groups is 1. The van der Waals surface area contributed by atoms with Crippen LogP contribution in [0.4, 0.5) is 0 Å². The molecular weight excluding hydrogens is 792 g/mol. The minimum absolute atomic E-state index is 0.00233. The number of rotatable bonds is 50. The van der Waals surface area contributed by atoms with Crippen molar-refractivity contribution in [1.29, 1.82) is 0 Å². The smallest absolute Gasteiger partial charge is 0.268 e. The van der Waals surface area contributed by atoms with Crippen LogP contribution in [0.5, 0.6) is 0 Å². The minimum atomic E-state index is -4.59. The van der Waals surface area contributed by atoms with E-state index in [1.165, 1.54) is 212 Å². The van der Waals surface area contributed by atoms with E-state index in [0.717, 1.165) is 38.5 Å². The zero-order valence-electron chi connectivity index (χ0n) is 42.1. The van der Waals surface area contributed by atoms with Gasteiger partial charge in [0, 0.05) is 6.42 Å². The first-order chi connectivity index (χ1) is 30.0. The van der Waals surface area contributed by atoms with Crippen molar-refractivity contribution in [2.75, 3.05) is 40.9 Å². The maximum Gasteiger partial charge on any atom is 0.268 e. The summed E-state index contributed by atoms with van der Waals surface area (Å²) in [5.41, 5.74) is 0. The molecule has 0 aromatic rings. The highest BCUT2D eigenvalue weighted by Crippen LogP contribution is 2.38. The number of nitrogens with zero attached hydrogens (tertiary/aromatic N) is 1. The largest absolute Gasteiger partial charge is 0.756 e. The van der Waals surface area contributed by atoms with Crippen LogP contribution in [0, 0.1) is 0 Å². The standard InChI is InChI=1S/C53H107N2O6P/c1-6-8-10-12-14-16-18-20-21-22-23-24-25-26-27-28-29-30-31-32-33-35-37-39-41-43-45-47-53(57)54-51(50-61-62(58,59)60-49-48-55(3,4)5)52(56)46-44-42-40-38-36-34-19-17-15-13-11-9-7-2/h44,46,51-52,56H,6-43,45,47-50H2,1-5H3,(H-,54,57,58,59)/b46-44+/t51-,52+/m0/s1. The van der Waals surface area contributed by atoms with Gasteiger partial charge in [-0.25, -0.2) is 0 Å². The van der Waals surface area contributed by atoms with Gasteiger partial charge in [-0.15, -0.1) is 0 Å². The number of aliphatic hydroxyl groups excluding tert-OH is 1. The molecule has 0 saturated heterocycles. The minimum Gasteiger partial charge on any atom is -0.756 e. The third kappa shape index (κ3) is 47.2. The summed E-state index contributed by atoms with van der Waals surface area (Å²) in [6, 6.07) is -0.880. The van der Waals surface area contributed by atoms with E-state index in [-0.39, 0.29) is 19.1 Å². The highest BCUT2D eigenvalue weighted by Gasteiger charge is 2.23. The molecule has 0 aromatic heterocycles. The van der Waals surface area contributed by atoms with Gasteiger partial charge in [-0.2, -0.15) is 0 Å². The first-order valence-electron chi connectivity index (χ1n) is 27.1. The van der Waals surface area contributed by atoms with Crippen molar-refractivity contribution in [2.45, 2.75) is 283 Å². The Morgan fingerprint density at radius 3 is 1.21 bits per heavy atom. The number of amides is 1. The van der Waals surface area contributed by atoms with Gasteiger partial charge in [0.15, 0.2) is 0 Å². The van der Waals surface area contributed by atoms with Gasteiger partial charge in [-0.05, 0) is 19.3 Å². The van der Waals surface area contributed by atoms with E-state index in [1.807, 2.05) is 27.2 Å². The van der Waals surface area contributed by atoms with Crippen molar-refractivity contribution >= 4 is 13.7 Å². The Bertz CT molecular complexity index is 1020. The Morgan fingerprint density at radius 2 is 0.871 bits per heavy atom. The van der Waals surface area contributed by atoms with Gasteiger partial charge in [0.25, 0.3) is 7.82 Å². The van der Waals surface area contributed by atoms with Gasteiger partial charge >= 0.3 is 0 Å². The molecule has 2 N–H and O–H groups in total. The first-order valence-corrected chi connectivity index (χ1v) is 28.5. The van der Waals surface area contributed by atoms with Crippen LogP contribution in [-0.4, -0.2) is 68.5 Å². The van der Waals surface area contributed by atoms with E-state index in [1.54, 1.807) is 6.08 Å². The van der Waals surface area contributed by atoms with Crippen molar-refractivity contribution < 1.29 is 32.9 Å². The molecule has 0 heterocycles. The van der Waals surface area contributed by atoms with Crippen molar-refractivity contribution in [3.63, 3.8) is 0 Å². The Labute approximate surface area is 386 Å². The summed E-state index contributed by atoms with van der Waals surface area (Å²) in [5.74, 6) is -0.192. The number of phosphoric acid groups is 1. The maximum absolute atomic E-state index is 12.9. The SMILES string of the molecule is CCCCCCCCCCCCC/C=C/[C@@H](O)[C@H](COP(=O)([O-])OCC[N+](C)(C)C)NC(=O)CCCCCCCCCCCCCCCCCCCCCCCCCCCCC. The number of unbranched alkanes of at least 4 members (excludes halogenated alkanes) is 37. The van der Waals surface area contributed by atoms with E-state index in [9.17, 15) is 19.4 Å². The van der Waals surface area contributed by atoms with E-state index < -0.39 is 20.0 Å². The number of allylic oxidation sites excluding steroid dienone is 1. The number of carbonyl (C=O) groups is 1.